The molecule has 2 unspecified atom stereocenters. The number of hydrogen-bond acceptors (Lipinski definition) is 2. The molecule has 2 nitrogen and oxygen atoms in total. The largest absolute Gasteiger partial charge is 0.392 e. The average molecular weight is 304 g/mol. The second-order valence-corrected chi connectivity index (χ2v) is 5.46. The molecule has 0 aromatic heterocycles. The van der Waals surface area contributed by atoms with Crippen molar-refractivity contribution in [3.05, 3.63) is 34.1 Å². The molecule has 0 bridgehead atoms. The van der Waals surface area contributed by atoms with Crippen molar-refractivity contribution in [2.24, 2.45) is 5.92 Å². The summed E-state index contributed by atoms with van der Waals surface area (Å²) in [6.07, 6.45) is -0.364. The molecule has 17 heavy (non-hydrogen) atoms. The number of rotatable bonds is 5. The second kappa shape index (κ2) is 6.47. The average Bonchev–Trinajstić information content (AvgIpc) is 2.25. The zero-order valence-corrected chi connectivity index (χ0v) is 12.0. The summed E-state index contributed by atoms with van der Waals surface area (Å²) in [5.41, 5.74) is 0.988. The minimum atomic E-state index is -0.364. The molecule has 1 rings (SSSR count). The lowest BCUT2D eigenvalue weighted by molar-refractivity contribution is 0.120. The second-order valence-electron chi connectivity index (χ2n) is 4.61. The summed E-state index contributed by atoms with van der Waals surface area (Å²) >= 11 is 3.34. The third-order valence-electron chi connectivity index (χ3n) is 2.83. The summed E-state index contributed by atoms with van der Waals surface area (Å²) in [4.78, 5) is 0. The maximum Gasteiger partial charge on any atom is 0.124 e. The molecule has 0 aliphatic rings. The number of nitrogens with one attached hydrogen (secondary N) is 1. The van der Waals surface area contributed by atoms with E-state index in [1.165, 1.54) is 12.1 Å². The Labute approximate surface area is 110 Å². The molecule has 0 saturated heterocycles. The Balaban J connectivity index is 2.61. The zero-order chi connectivity index (χ0) is 13.0. The Morgan fingerprint density at radius 3 is 2.53 bits per heavy atom. The molecule has 0 saturated carbocycles. The lowest BCUT2D eigenvalue weighted by Crippen LogP contribution is -2.32. The van der Waals surface area contributed by atoms with Crippen LogP contribution in [0.1, 0.15) is 32.4 Å². The Hall–Kier alpha value is -0.450. The molecule has 0 aliphatic heterocycles. The fraction of sp³-hybridized carbons (Fsp3) is 0.538. The van der Waals surface area contributed by atoms with Crippen molar-refractivity contribution in [1.82, 2.24) is 5.32 Å². The van der Waals surface area contributed by atoms with Gasteiger partial charge in [0.05, 0.1) is 6.10 Å². The van der Waals surface area contributed by atoms with Gasteiger partial charge in [-0.2, -0.15) is 0 Å². The number of halogens is 2. The SMILES string of the molecule is CC(NCC(O)C(C)C)c1ccc(F)cc1Br. The van der Waals surface area contributed by atoms with Crippen LogP contribution in [0.3, 0.4) is 0 Å². The predicted octanol–water partition coefficient (Wildman–Crippen LogP) is 3.26. The molecule has 1 aromatic rings. The molecule has 0 fully saturated rings. The van der Waals surface area contributed by atoms with Crippen LogP contribution in [0.4, 0.5) is 4.39 Å². The minimum Gasteiger partial charge on any atom is -0.392 e. The molecule has 0 heterocycles. The fourth-order valence-electron chi connectivity index (χ4n) is 1.50. The van der Waals surface area contributed by atoms with Gasteiger partial charge < -0.3 is 10.4 Å². The highest BCUT2D eigenvalue weighted by Crippen LogP contribution is 2.24. The van der Waals surface area contributed by atoms with E-state index in [4.69, 9.17) is 0 Å². The van der Waals surface area contributed by atoms with Crippen molar-refractivity contribution < 1.29 is 9.50 Å². The first kappa shape index (κ1) is 14.6. The van der Waals surface area contributed by atoms with Gasteiger partial charge in [-0.1, -0.05) is 35.8 Å². The van der Waals surface area contributed by atoms with Gasteiger partial charge in [0, 0.05) is 17.1 Å². The molecular weight excluding hydrogens is 285 g/mol. The fourth-order valence-corrected chi connectivity index (χ4v) is 2.19. The van der Waals surface area contributed by atoms with Crippen molar-refractivity contribution in [3.63, 3.8) is 0 Å². The first-order valence-corrected chi connectivity index (χ1v) is 6.57. The molecular formula is C13H19BrFNO. The molecule has 0 aliphatic carbocycles. The molecule has 0 amide bonds. The number of aliphatic hydroxyl groups is 1. The first-order chi connectivity index (χ1) is 7.91. The standard InChI is InChI=1S/C13H19BrFNO/c1-8(2)13(17)7-16-9(3)11-5-4-10(15)6-12(11)14/h4-6,8-9,13,16-17H,7H2,1-3H3. The van der Waals surface area contributed by atoms with E-state index < -0.39 is 0 Å². The Morgan fingerprint density at radius 1 is 1.35 bits per heavy atom. The lowest BCUT2D eigenvalue weighted by atomic mass is 10.1. The topological polar surface area (TPSA) is 32.3 Å². The highest BCUT2D eigenvalue weighted by Gasteiger charge is 2.13. The summed E-state index contributed by atoms with van der Waals surface area (Å²) in [7, 11) is 0. The van der Waals surface area contributed by atoms with E-state index in [9.17, 15) is 9.50 Å². The van der Waals surface area contributed by atoms with Gasteiger partial charge in [0.1, 0.15) is 5.82 Å². The summed E-state index contributed by atoms with van der Waals surface area (Å²) < 4.78 is 13.7. The summed E-state index contributed by atoms with van der Waals surface area (Å²) in [5, 5.41) is 12.9. The highest BCUT2D eigenvalue weighted by atomic mass is 79.9. The van der Waals surface area contributed by atoms with Crippen LogP contribution in [0.15, 0.2) is 22.7 Å². The molecule has 96 valence electrons. The van der Waals surface area contributed by atoms with Crippen LogP contribution >= 0.6 is 15.9 Å². The predicted molar refractivity (Wildman–Crippen MR) is 71.4 cm³/mol. The van der Waals surface area contributed by atoms with Gasteiger partial charge in [0.25, 0.3) is 0 Å². The van der Waals surface area contributed by atoms with Gasteiger partial charge in [-0.25, -0.2) is 4.39 Å². The van der Waals surface area contributed by atoms with Crippen LogP contribution in [-0.4, -0.2) is 17.8 Å². The van der Waals surface area contributed by atoms with Crippen LogP contribution in [0.25, 0.3) is 0 Å². The van der Waals surface area contributed by atoms with E-state index >= 15 is 0 Å². The van der Waals surface area contributed by atoms with E-state index in [1.54, 1.807) is 6.07 Å². The maximum absolute atomic E-state index is 12.9. The first-order valence-electron chi connectivity index (χ1n) is 5.78. The van der Waals surface area contributed by atoms with E-state index in [0.717, 1.165) is 10.0 Å². The molecule has 2 N–H and O–H groups in total. The molecule has 0 spiro atoms. The van der Waals surface area contributed by atoms with Crippen molar-refractivity contribution in [3.8, 4) is 0 Å². The molecule has 4 heteroatoms. The van der Waals surface area contributed by atoms with Gasteiger partial charge in [-0.3, -0.25) is 0 Å². The highest BCUT2D eigenvalue weighted by molar-refractivity contribution is 9.10. The maximum atomic E-state index is 12.9. The summed E-state index contributed by atoms with van der Waals surface area (Å²) in [6.45, 7) is 6.48. The van der Waals surface area contributed by atoms with E-state index in [2.05, 4.69) is 21.2 Å². The monoisotopic (exact) mass is 303 g/mol. The number of benzene rings is 1. The molecule has 2 atom stereocenters. The smallest absolute Gasteiger partial charge is 0.124 e. The van der Waals surface area contributed by atoms with E-state index in [0.29, 0.717) is 6.54 Å². The van der Waals surface area contributed by atoms with Gasteiger partial charge in [-0.05, 0) is 30.5 Å². The zero-order valence-electron chi connectivity index (χ0n) is 10.4. The minimum absolute atomic E-state index is 0.0679. The normalized spacial score (nSPS) is 15.0. The van der Waals surface area contributed by atoms with Gasteiger partial charge in [-0.15, -0.1) is 0 Å². The van der Waals surface area contributed by atoms with E-state index in [-0.39, 0.29) is 23.9 Å². The molecule has 1 aromatic carbocycles. The number of aliphatic hydroxyl groups excluding tert-OH is 1. The lowest BCUT2D eigenvalue weighted by Gasteiger charge is -2.20. The van der Waals surface area contributed by atoms with Crippen molar-refractivity contribution in [2.75, 3.05) is 6.54 Å². The van der Waals surface area contributed by atoms with Crippen LogP contribution in [0.5, 0.6) is 0 Å². The Morgan fingerprint density at radius 2 is 2.00 bits per heavy atom. The van der Waals surface area contributed by atoms with Crippen LogP contribution in [0.2, 0.25) is 0 Å². The summed E-state index contributed by atoms with van der Waals surface area (Å²) in [5.74, 6) is -0.0265. The van der Waals surface area contributed by atoms with Gasteiger partial charge >= 0.3 is 0 Å². The number of hydrogen-bond donors (Lipinski definition) is 2. The van der Waals surface area contributed by atoms with Gasteiger partial charge in [0.2, 0.25) is 0 Å². The quantitative estimate of drug-likeness (QED) is 0.875. The van der Waals surface area contributed by atoms with Crippen molar-refractivity contribution >= 4 is 15.9 Å². The summed E-state index contributed by atoms with van der Waals surface area (Å²) in [6, 6.07) is 4.71. The van der Waals surface area contributed by atoms with Gasteiger partial charge in [0.15, 0.2) is 0 Å². The van der Waals surface area contributed by atoms with Crippen LogP contribution < -0.4 is 5.32 Å². The van der Waals surface area contributed by atoms with Crippen molar-refractivity contribution in [2.45, 2.75) is 32.9 Å². The third-order valence-corrected chi connectivity index (χ3v) is 3.52. The van der Waals surface area contributed by atoms with Crippen LogP contribution in [0, 0.1) is 11.7 Å². The van der Waals surface area contributed by atoms with Crippen molar-refractivity contribution in [1.29, 1.82) is 0 Å². The van der Waals surface area contributed by atoms with E-state index in [1.807, 2.05) is 20.8 Å². The Kier molecular flexibility index (Phi) is 5.56. The third kappa shape index (κ3) is 4.37. The Bertz CT molecular complexity index is 370. The van der Waals surface area contributed by atoms with Crippen LogP contribution in [-0.2, 0) is 0 Å². The molecule has 0 radical (unpaired) electrons.